The number of aliphatic hydroxyl groups excluding tert-OH is 1. The number of carbonyl (C=O) groups is 1. The van der Waals surface area contributed by atoms with Gasteiger partial charge < -0.3 is 10.2 Å². The molecule has 0 aliphatic rings. The molecule has 0 aromatic rings. The fourth-order valence-corrected chi connectivity index (χ4v) is 1.24. The van der Waals surface area contributed by atoms with Crippen molar-refractivity contribution in [2.45, 2.75) is 33.3 Å². The molecule has 2 N–H and O–H groups in total. The second-order valence-electron chi connectivity index (χ2n) is 3.10. The number of carboxylic acid groups (broad SMARTS) is 1. The van der Waals surface area contributed by atoms with E-state index in [4.69, 9.17) is 10.2 Å². The summed E-state index contributed by atoms with van der Waals surface area (Å²) in [5, 5.41) is 17.6. The van der Waals surface area contributed by atoms with E-state index in [1.807, 2.05) is 20.8 Å². The average molecular weight is 160 g/mol. The molecule has 0 saturated carbocycles. The first kappa shape index (κ1) is 10.4. The molecule has 0 bridgehead atoms. The van der Waals surface area contributed by atoms with Crippen molar-refractivity contribution in [2.75, 3.05) is 0 Å². The lowest BCUT2D eigenvalue weighted by Gasteiger charge is -2.21. The van der Waals surface area contributed by atoms with Gasteiger partial charge in [0.05, 0.1) is 0 Å². The van der Waals surface area contributed by atoms with Gasteiger partial charge in [0.1, 0.15) is 0 Å². The standard InChI is InChI=1S/C8H16O3/c1-4-6(5(2)3)7(9)8(10)11/h5-7,9H,4H2,1-3H3,(H,10,11)/t6-,7-/m0/s1. The summed E-state index contributed by atoms with van der Waals surface area (Å²) in [6.45, 7) is 5.72. The molecule has 0 unspecified atom stereocenters. The van der Waals surface area contributed by atoms with E-state index in [2.05, 4.69) is 0 Å². The second kappa shape index (κ2) is 4.34. The first-order chi connectivity index (χ1) is 5.00. The normalized spacial score (nSPS) is 16.5. The van der Waals surface area contributed by atoms with E-state index in [-0.39, 0.29) is 11.8 Å². The number of carboxylic acids is 1. The molecule has 0 heterocycles. The minimum absolute atomic E-state index is 0.132. The van der Waals surface area contributed by atoms with Gasteiger partial charge in [0.2, 0.25) is 0 Å². The van der Waals surface area contributed by atoms with Crippen molar-refractivity contribution in [3.8, 4) is 0 Å². The summed E-state index contributed by atoms with van der Waals surface area (Å²) >= 11 is 0. The third-order valence-corrected chi connectivity index (χ3v) is 1.99. The first-order valence-electron chi connectivity index (χ1n) is 3.91. The van der Waals surface area contributed by atoms with Crippen molar-refractivity contribution in [3.05, 3.63) is 0 Å². The Hall–Kier alpha value is -0.570. The van der Waals surface area contributed by atoms with Crippen LogP contribution in [0.2, 0.25) is 0 Å². The molecule has 0 aliphatic carbocycles. The van der Waals surface area contributed by atoms with Gasteiger partial charge in [0.15, 0.2) is 6.10 Å². The summed E-state index contributed by atoms with van der Waals surface area (Å²) in [4.78, 5) is 10.4. The van der Waals surface area contributed by atoms with E-state index < -0.39 is 12.1 Å². The number of hydrogen-bond donors (Lipinski definition) is 2. The number of rotatable bonds is 4. The van der Waals surface area contributed by atoms with Crippen molar-refractivity contribution in [1.82, 2.24) is 0 Å². The van der Waals surface area contributed by atoms with Crippen LogP contribution in [0.1, 0.15) is 27.2 Å². The van der Waals surface area contributed by atoms with E-state index in [1.54, 1.807) is 0 Å². The van der Waals surface area contributed by atoms with Crippen molar-refractivity contribution in [2.24, 2.45) is 11.8 Å². The van der Waals surface area contributed by atoms with Crippen LogP contribution >= 0.6 is 0 Å². The van der Waals surface area contributed by atoms with Gasteiger partial charge >= 0.3 is 5.97 Å². The molecule has 0 fully saturated rings. The van der Waals surface area contributed by atoms with E-state index in [1.165, 1.54) is 0 Å². The lowest BCUT2D eigenvalue weighted by Crippen LogP contribution is -2.32. The molecule has 0 amide bonds. The van der Waals surface area contributed by atoms with Crippen LogP contribution in [-0.4, -0.2) is 22.3 Å². The van der Waals surface area contributed by atoms with Crippen molar-refractivity contribution < 1.29 is 15.0 Å². The zero-order valence-electron chi connectivity index (χ0n) is 7.24. The third kappa shape index (κ3) is 2.89. The maximum Gasteiger partial charge on any atom is 0.332 e. The Morgan fingerprint density at radius 2 is 1.91 bits per heavy atom. The fraction of sp³-hybridized carbons (Fsp3) is 0.875. The molecule has 0 aromatic carbocycles. The van der Waals surface area contributed by atoms with Gasteiger partial charge in [0.25, 0.3) is 0 Å². The smallest absolute Gasteiger partial charge is 0.332 e. The quantitative estimate of drug-likeness (QED) is 0.647. The summed E-state index contributed by atoms with van der Waals surface area (Å²) in [6.07, 6.45) is -0.509. The average Bonchev–Trinajstić information content (AvgIpc) is 1.88. The number of aliphatic carboxylic acids is 1. The minimum atomic E-state index is -1.21. The molecule has 66 valence electrons. The topological polar surface area (TPSA) is 57.5 Å². The van der Waals surface area contributed by atoms with Crippen molar-refractivity contribution >= 4 is 5.97 Å². The Labute approximate surface area is 67.0 Å². The molecule has 3 heteroatoms. The van der Waals surface area contributed by atoms with Crippen LogP contribution < -0.4 is 0 Å². The van der Waals surface area contributed by atoms with Gasteiger partial charge in [-0.1, -0.05) is 27.2 Å². The van der Waals surface area contributed by atoms with Gasteiger partial charge in [-0.15, -0.1) is 0 Å². The molecule has 0 aliphatic heterocycles. The highest BCUT2D eigenvalue weighted by atomic mass is 16.4. The largest absolute Gasteiger partial charge is 0.479 e. The van der Waals surface area contributed by atoms with Crippen LogP contribution in [0.25, 0.3) is 0 Å². The Bertz CT molecular complexity index is 131. The molecule has 0 spiro atoms. The van der Waals surface area contributed by atoms with Crippen LogP contribution in [0.5, 0.6) is 0 Å². The molecule has 0 radical (unpaired) electrons. The van der Waals surface area contributed by atoms with Gasteiger partial charge in [-0.2, -0.15) is 0 Å². The molecule has 0 aromatic heterocycles. The van der Waals surface area contributed by atoms with Crippen LogP contribution in [0.15, 0.2) is 0 Å². The Morgan fingerprint density at radius 3 is 2.00 bits per heavy atom. The molecule has 2 atom stereocenters. The summed E-state index contributed by atoms with van der Waals surface area (Å²) < 4.78 is 0. The highest BCUT2D eigenvalue weighted by Crippen LogP contribution is 2.18. The number of aliphatic hydroxyl groups is 1. The van der Waals surface area contributed by atoms with Gasteiger partial charge in [-0.3, -0.25) is 0 Å². The molecule has 3 nitrogen and oxygen atoms in total. The molecule has 0 saturated heterocycles. The summed E-state index contributed by atoms with van der Waals surface area (Å²) in [7, 11) is 0. The Morgan fingerprint density at radius 1 is 1.45 bits per heavy atom. The lowest BCUT2D eigenvalue weighted by molar-refractivity contribution is -0.150. The Balaban J connectivity index is 4.13. The lowest BCUT2D eigenvalue weighted by atomic mass is 9.88. The first-order valence-corrected chi connectivity index (χ1v) is 3.91. The van der Waals surface area contributed by atoms with Crippen LogP contribution in [0.4, 0.5) is 0 Å². The SMILES string of the molecule is CC[C@@H](C(C)C)[C@H](O)C(=O)O. The van der Waals surface area contributed by atoms with Crippen LogP contribution in [0.3, 0.4) is 0 Å². The van der Waals surface area contributed by atoms with Crippen LogP contribution in [-0.2, 0) is 4.79 Å². The fourth-order valence-electron chi connectivity index (χ4n) is 1.24. The second-order valence-corrected chi connectivity index (χ2v) is 3.10. The molecule has 11 heavy (non-hydrogen) atoms. The maximum absolute atomic E-state index is 10.4. The predicted molar refractivity (Wildman–Crippen MR) is 42.3 cm³/mol. The third-order valence-electron chi connectivity index (χ3n) is 1.99. The van der Waals surface area contributed by atoms with E-state index in [0.717, 1.165) is 0 Å². The minimum Gasteiger partial charge on any atom is -0.479 e. The van der Waals surface area contributed by atoms with Gasteiger partial charge in [-0.05, 0) is 11.8 Å². The van der Waals surface area contributed by atoms with E-state index >= 15 is 0 Å². The zero-order valence-corrected chi connectivity index (χ0v) is 7.24. The van der Waals surface area contributed by atoms with E-state index in [0.29, 0.717) is 6.42 Å². The van der Waals surface area contributed by atoms with Crippen LogP contribution in [0, 0.1) is 11.8 Å². The van der Waals surface area contributed by atoms with Gasteiger partial charge in [-0.25, -0.2) is 4.79 Å². The van der Waals surface area contributed by atoms with Crippen molar-refractivity contribution in [1.29, 1.82) is 0 Å². The molecule has 0 rings (SSSR count). The van der Waals surface area contributed by atoms with Crippen molar-refractivity contribution in [3.63, 3.8) is 0 Å². The number of hydrogen-bond acceptors (Lipinski definition) is 2. The highest BCUT2D eigenvalue weighted by molar-refractivity contribution is 5.72. The maximum atomic E-state index is 10.4. The summed E-state index contributed by atoms with van der Waals surface area (Å²) in [6, 6.07) is 0. The monoisotopic (exact) mass is 160 g/mol. The zero-order chi connectivity index (χ0) is 9.02. The highest BCUT2D eigenvalue weighted by Gasteiger charge is 2.26. The van der Waals surface area contributed by atoms with E-state index in [9.17, 15) is 4.79 Å². The molecular weight excluding hydrogens is 144 g/mol. The van der Waals surface area contributed by atoms with Gasteiger partial charge in [0, 0.05) is 0 Å². The summed E-state index contributed by atoms with van der Waals surface area (Å²) in [5.41, 5.74) is 0. The Kier molecular flexibility index (Phi) is 4.11. The predicted octanol–water partition coefficient (Wildman–Crippen LogP) is 1.11. The summed E-state index contributed by atoms with van der Waals surface area (Å²) in [5.74, 6) is -1.04. The molecular formula is C8H16O3.